The molecule has 2 fully saturated rings. The molecule has 3 heterocycles. The van der Waals surface area contributed by atoms with Gasteiger partial charge in [-0.25, -0.2) is 19.6 Å². The van der Waals surface area contributed by atoms with Crippen molar-refractivity contribution in [1.29, 1.82) is 0 Å². The fourth-order valence-corrected chi connectivity index (χ4v) is 5.53. The fraction of sp³-hybridized carbons (Fsp3) is 0.429. The Labute approximate surface area is 221 Å². The second-order valence-corrected chi connectivity index (χ2v) is 9.84. The first-order valence-electron chi connectivity index (χ1n) is 13.0. The van der Waals surface area contributed by atoms with Crippen molar-refractivity contribution in [2.24, 2.45) is 0 Å². The SMILES string of the molecule is COc1cc2ncnc(C3CCN(C(=O)Nc4ccc(C5CCN(C(=O)O)CC5)cc4)CC3)c2cc1OC. The number of nitrogens with zero attached hydrogens (tertiary/aromatic N) is 4. The summed E-state index contributed by atoms with van der Waals surface area (Å²) in [5.41, 5.74) is 3.72. The number of likely N-dealkylation sites (tertiary alicyclic amines) is 2. The highest BCUT2D eigenvalue weighted by Crippen LogP contribution is 2.37. The third-order valence-electron chi connectivity index (χ3n) is 7.74. The summed E-state index contributed by atoms with van der Waals surface area (Å²) in [6.07, 6.45) is 3.98. The molecule has 0 bridgehead atoms. The lowest BCUT2D eigenvalue weighted by atomic mass is 9.89. The molecule has 0 spiro atoms. The van der Waals surface area contributed by atoms with Crippen molar-refractivity contribution in [3.05, 3.63) is 54.0 Å². The van der Waals surface area contributed by atoms with Gasteiger partial charge in [0, 0.05) is 49.2 Å². The summed E-state index contributed by atoms with van der Waals surface area (Å²) < 4.78 is 10.9. The zero-order valence-electron chi connectivity index (χ0n) is 21.7. The minimum atomic E-state index is -0.850. The predicted molar refractivity (Wildman–Crippen MR) is 143 cm³/mol. The van der Waals surface area contributed by atoms with Gasteiger partial charge in [0.05, 0.1) is 25.4 Å². The lowest BCUT2D eigenvalue weighted by Gasteiger charge is -2.32. The molecule has 0 saturated carbocycles. The molecule has 10 nitrogen and oxygen atoms in total. The van der Waals surface area contributed by atoms with E-state index in [1.807, 2.05) is 41.3 Å². The first kappa shape index (κ1) is 25.6. The average molecular weight is 520 g/mol. The van der Waals surface area contributed by atoms with Gasteiger partial charge in [-0.1, -0.05) is 12.1 Å². The monoisotopic (exact) mass is 519 g/mol. The third-order valence-corrected chi connectivity index (χ3v) is 7.74. The van der Waals surface area contributed by atoms with Crippen molar-refractivity contribution in [3.8, 4) is 11.5 Å². The number of ether oxygens (including phenoxy) is 2. The van der Waals surface area contributed by atoms with Crippen LogP contribution in [0.15, 0.2) is 42.7 Å². The van der Waals surface area contributed by atoms with Gasteiger partial charge in [0.15, 0.2) is 11.5 Å². The number of fused-ring (bicyclic) bond motifs is 1. The summed E-state index contributed by atoms with van der Waals surface area (Å²) in [5.74, 6) is 1.83. The lowest BCUT2D eigenvalue weighted by Crippen LogP contribution is -2.40. The normalized spacial score (nSPS) is 16.9. The molecule has 0 aliphatic carbocycles. The number of hydrogen-bond donors (Lipinski definition) is 2. The Kier molecular flexibility index (Phi) is 7.48. The van der Waals surface area contributed by atoms with Crippen LogP contribution in [-0.4, -0.2) is 77.4 Å². The van der Waals surface area contributed by atoms with Crippen LogP contribution in [0.1, 0.15) is 48.8 Å². The number of amides is 3. The summed E-state index contributed by atoms with van der Waals surface area (Å²) in [7, 11) is 3.22. The largest absolute Gasteiger partial charge is 0.493 e. The quantitative estimate of drug-likeness (QED) is 0.492. The number of methoxy groups -OCH3 is 2. The van der Waals surface area contributed by atoms with Crippen molar-refractivity contribution in [3.63, 3.8) is 0 Å². The van der Waals surface area contributed by atoms with E-state index in [4.69, 9.17) is 14.6 Å². The smallest absolute Gasteiger partial charge is 0.407 e. The van der Waals surface area contributed by atoms with Crippen LogP contribution in [0.4, 0.5) is 15.3 Å². The van der Waals surface area contributed by atoms with E-state index in [0.717, 1.165) is 48.0 Å². The molecule has 3 aromatic rings. The van der Waals surface area contributed by atoms with E-state index in [2.05, 4.69) is 15.3 Å². The molecule has 0 radical (unpaired) electrons. The second kappa shape index (κ2) is 11.1. The second-order valence-electron chi connectivity index (χ2n) is 9.84. The molecule has 2 N–H and O–H groups in total. The molecular weight excluding hydrogens is 486 g/mol. The Morgan fingerprint density at radius 3 is 2.11 bits per heavy atom. The predicted octanol–water partition coefficient (Wildman–Crippen LogP) is 4.92. The van der Waals surface area contributed by atoms with Crippen LogP contribution in [0, 0.1) is 0 Å². The van der Waals surface area contributed by atoms with E-state index in [0.29, 0.717) is 43.6 Å². The van der Waals surface area contributed by atoms with Crippen LogP contribution in [0.3, 0.4) is 0 Å². The first-order valence-corrected chi connectivity index (χ1v) is 13.0. The average Bonchev–Trinajstić information content (AvgIpc) is 2.96. The van der Waals surface area contributed by atoms with Crippen molar-refractivity contribution in [2.45, 2.75) is 37.5 Å². The lowest BCUT2D eigenvalue weighted by molar-refractivity contribution is 0.132. The number of carbonyl (C=O) groups excluding carboxylic acids is 1. The number of aromatic nitrogens is 2. The standard InChI is InChI=1S/C28H33N5O5/c1-37-24-15-22-23(16-25(24)38-2)29-17-30-26(22)20-9-11-32(12-10-20)27(34)31-21-5-3-18(4-6-21)19-7-13-33(14-8-19)28(35)36/h3-6,15-17,19-20H,7-14H2,1-2H3,(H,31,34)(H,35,36). The van der Waals surface area contributed by atoms with Crippen LogP contribution in [0.2, 0.25) is 0 Å². The van der Waals surface area contributed by atoms with Gasteiger partial charge in [-0.05, 0) is 55.4 Å². The van der Waals surface area contributed by atoms with Crippen LogP contribution in [0.5, 0.6) is 11.5 Å². The molecule has 200 valence electrons. The highest BCUT2D eigenvalue weighted by molar-refractivity contribution is 5.89. The zero-order chi connectivity index (χ0) is 26.6. The number of urea groups is 1. The molecule has 2 aromatic carbocycles. The van der Waals surface area contributed by atoms with Crippen molar-refractivity contribution in [1.82, 2.24) is 19.8 Å². The van der Waals surface area contributed by atoms with Crippen molar-refractivity contribution in [2.75, 3.05) is 45.7 Å². The van der Waals surface area contributed by atoms with Gasteiger partial charge in [-0.2, -0.15) is 0 Å². The minimum absolute atomic E-state index is 0.107. The van der Waals surface area contributed by atoms with Crippen LogP contribution in [0.25, 0.3) is 10.9 Å². The molecule has 5 rings (SSSR count). The molecule has 2 aliphatic heterocycles. The summed E-state index contributed by atoms with van der Waals surface area (Å²) in [4.78, 5) is 36.4. The Hall–Kier alpha value is -4.08. The van der Waals surface area contributed by atoms with Crippen LogP contribution in [-0.2, 0) is 0 Å². The van der Waals surface area contributed by atoms with Gasteiger partial charge in [0.25, 0.3) is 0 Å². The zero-order valence-corrected chi connectivity index (χ0v) is 21.7. The highest BCUT2D eigenvalue weighted by atomic mass is 16.5. The van der Waals surface area contributed by atoms with E-state index < -0.39 is 6.09 Å². The number of benzene rings is 2. The van der Waals surface area contributed by atoms with Gasteiger partial charge in [-0.3, -0.25) is 0 Å². The third kappa shape index (κ3) is 5.29. The molecule has 38 heavy (non-hydrogen) atoms. The Bertz CT molecular complexity index is 1300. The summed E-state index contributed by atoms with van der Waals surface area (Å²) >= 11 is 0. The molecule has 0 atom stereocenters. The maximum atomic E-state index is 13.0. The van der Waals surface area contributed by atoms with Crippen molar-refractivity contribution >= 4 is 28.7 Å². The van der Waals surface area contributed by atoms with E-state index in [9.17, 15) is 9.59 Å². The van der Waals surface area contributed by atoms with Gasteiger partial charge >= 0.3 is 12.1 Å². The molecule has 10 heteroatoms. The van der Waals surface area contributed by atoms with Gasteiger partial charge in [0.2, 0.25) is 0 Å². The minimum Gasteiger partial charge on any atom is -0.493 e. The molecular formula is C28H33N5O5. The maximum absolute atomic E-state index is 13.0. The van der Waals surface area contributed by atoms with E-state index >= 15 is 0 Å². The van der Waals surface area contributed by atoms with Crippen molar-refractivity contribution < 1.29 is 24.2 Å². The summed E-state index contributed by atoms with van der Waals surface area (Å²) in [6, 6.07) is 11.6. The van der Waals surface area contributed by atoms with Gasteiger partial charge in [-0.15, -0.1) is 0 Å². The number of nitrogens with one attached hydrogen (secondary N) is 1. The van der Waals surface area contributed by atoms with Gasteiger partial charge in [0.1, 0.15) is 6.33 Å². The number of anilines is 1. The molecule has 0 unspecified atom stereocenters. The van der Waals surface area contributed by atoms with E-state index in [1.54, 1.807) is 20.5 Å². The molecule has 2 saturated heterocycles. The number of carbonyl (C=O) groups is 2. The Balaban J connectivity index is 1.18. The fourth-order valence-electron chi connectivity index (χ4n) is 5.53. The Morgan fingerprint density at radius 1 is 0.868 bits per heavy atom. The molecule has 2 aliphatic rings. The number of hydrogen-bond acceptors (Lipinski definition) is 6. The highest BCUT2D eigenvalue weighted by Gasteiger charge is 2.27. The summed E-state index contributed by atoms with van der Waals surface area (Å²) in [5, 5.41) is 13.1. The maximum Gasteiger partial charge on any atom is 0.407 e. The molecule has 1 aromatic heterocycles. The topological polar surface area (TPSA) is 117 Å². The number of rotatable bonds is 5. The van der Waals surface area contributed by atoms with Crippen LogP contribution < -0.4 is 14.8 Å². The van der Waals surface area contributed by atoms with Gasteiger partial charge < -0.3 is 29.7 Å². The first-order chi connectivity index (χ1) is 18.5. The Morgan fingerprint density at radius 2 is 1.47 bits per heavy atom. The van der Waals surface area contributed by atoms with E-state index in [-0.39, 0.29) is 11.9 Å². The number of piperidine rings is 2. The number of carboxylic acid groups (broad SMARTS) is 1. The van der Waals surface area contributed by atoms with Crippen LogP contribution >= 0.6 is 0 Å². The van der Waals surface area contributed by atoms with E-state index in [1.165, 1.54) is 10.5 Å². The summed E-state index contributed by atoms with van der Waals surface area (Å²) in [6.45, 7) is 2.38. The molecule has 3 amide bonds.